The van der Waals surface area contributed by atoms with Gasteiger partial charge in [-0.1, -0.05) is 30.3 Å². The first kappa shape index (κ1) is 17.3. The van der Waals surface area contributed by atoms with Crippen LogP contribution in [0.2, 0.25) is 0 Å². The molecule has 0 fully saturated rings. The molecule has 0 heterocycles. The van der Waals surface area contributed by atoms with Gasteiger partial charge in [-0.2, -0.15) is 0 Å². The number of hydrogen-bond donors (Lipinski definition) is 1. The number of methoxy groups -OCH3 is 2. The van der Waals surface area contributed by atoms with Crippen LogP contribution in [0.4, 0.5) is 0 Å². The van der Waals surface area contributed by atoms with E-state index in [-0.39, 0.29) is 0 Å². The van der Waals surface area contributed by atoms with Gasteiger partial charge in [-0.15, -0.1) is 0 Å². The summed E-state index contributed by atoms with van der Waals surface area (Å²) in [4.78, 5) is 0. The zero-order valence-corrected chi connectivity index (χ0v) is 15.4. The van der Waals surface area contributed by atoms with Crippen molar-refractivity contribution in [3.63, 3.8) is 0 Å². The highest BCUT2D eigenvalue weighted by atomic mass is 31.2. The number of rotatable bonds is 6. The van der Waals surface area contributed by atoms with Gasteiger partial charge in [-0.3, -0.25) is 0 Å². The van der Waals surface area contributed by atoms with Gasteiger partial charge in [-0.25, -0.2) is 0 Å². The molecule has 0 aliphatic carbocycles. The Kier molecular flexibility index (Phi) is 5.25. The molecule has 0 aliphatic heterocycles. The molecule has 0 saturated carbocycles. The predicted molar refractivity (Wildman–Crippen MR) is 105 cm³/mol. The molecule has 0 radical (unpaired) electrons. The maximum absolute atomic E-state index is 9.42. The average Bonchev–Trinajstić information content (AvgIpc) is 2.69. The first-order valence-corrected chi connectivity index (χ1v) is 10.1. The fourth-order valence-corrected chi connectivity index (χ4v) is 5.60. The molecule has 4 heteroatoms. The summed E-state index contributed by atoms with van der Waals surface area (Å²) in [7, 11) is 0.999. The van der Waals surface area contributed by atoms with Crippen LogP contribution in [0.5, 0.6) is 11.5 Å². The first-order chi connectivity index (χ1) is 12.2. The quantitative estimate of drug-likeness (QED) is 0.658. The van der Waals surface area contributed by atoms with Gasteiger partial charge < -0.3 is 14.6 Å². The predicted octanol–water partition coefficient (Wildman–Crippen LogP) is 4.63. The molecular formula is C21H22NO2P. The van der Waals surface area contributed by atoms with Crippen LogP contribution in [-0.4, -0.2) is 14.2 Å². The monoisotopic (exact) mass is 351 g/mol. The number of nitrogens with one attached hydrogen (secondary N) is 1. The van der Waals surface area contributed by atoms with Crippen molar-refractivity contribution < 1.29 is 9.47 Å². The van der Waals surface area contributed by atoms with Crippen LogP contribution in [-0.2, 0) is 6.16 Å². The summed E-state index contributed by atoms with van der Waals surface area (Å²) in [6.45, 7) is 0. The van der Waals surface area contributed by atoms with Gasteiger partial charge in [0.05, 0.1) is 14.2 Å². The highest BCUT2D eigenvalue weighted by molar-refractivity contribution is 7.79. The molecule has 0 aliphatic rings. The Labute approximate surface area is 149 Å². The van der Waals surface area contributed by atoms with Crippen molar-refractivity contribution in [2.45, 2.75) is 6.16 Å². The van der Waals surface area contributed by atoms with E-state index in [4.69, 9.17) is 9.47 Å². The zero-order valence-electron chi connectivity index (χ0n) is 14.5. The SMILES string of the molecule is COc1ccc(P(=N)(Cc2ccccc2)c2ccc(OC)cc2)cc1. The van der Waals surface area contributed by atoms with E-state index in [0.717, 1.165) is 22.1 Å². The van der Waals surface area contributed by atoms with Crippen molar-refractivity contribution in [3.05, 3.63) is 84.4 Å². The summed E-state index contributed by atoms with van der Waals surface area (Å²) in [6.07, 6.45) is 0.701. The summed E-state index contributed by atoms with van der Waals surface area (Å²) in [5.41, 5.74) is 1.18. The summed E-state index contributed by atoms with van der Waals surface area (Å²) >= 11 is 0. The topological polar surface area (TPSA) is 42.3 Å². The molecular weight excluding hydrogens is 329 g/mol. The van der Waals surface area contributed by atoms with Gasteiger partial charge in [0.1, 0.15) is 11.5 Å². The molecule has 128 valence electrons. The summed E-state index contributed by atoms with van der Waals surface area (Å²) in [6, 6.07) is 26.1. The largest absolute Gasteiger partial charge is 0.497 e. The van der Waals surface area contributed by atoms with E-state index < -0.39 is 7.05 Å². The minimum atomic E-state index is -2.32. The molecule has 0 unspecified atom stereocenters. The molecule has 3 rings (SSSR count). The van der Waals surface area contributed by atoms with Gasteiger partial charge in [0.25, 0.3) is 0 Å². The minimum absolute atomic E-state index is 0.701. The molecule has 3 aromatic rings. The molecule has 1 N–H and O–H groups in total. The van der Waals surface area contributed by atoms with E-state index in [0.29, 0.717) is 6.16 Å². The van der Waals surface area contributed by atoms with Gasteiger partial charge in [0.2, 0.25) is 0 Å². The zero-order chi connectivity index (χ0) is 17.7. The van der Waals surface area contributed by atoms with Crippen molar-refractivity contribution in [1.29, 1.82) is 5.16 Å². The Balaban J connectivity index is 2.07. The fraction of sp³-hybridized carbons (Fsp3) is 0.143. The lowest BCUT2D eigenvalue weighted by Crippen LogP contribution is -2.17. The fourth-order valence-electron chi connectivity index (χ4n) is 2.86. The van der Waals surface area contributed by atoms with Gasteiger partial charge in [-0.05, 0) is 64.7 Å². The first-order valence-electron chi connectivity index (χ1n) is 8.12. The summed E-state index contributed by atoms with van der Waals surface area (Å²) in [5, 5.41) is 11.5. The molecule has 0 saturated heterocycles. The second-order valence-electron chi connectivity index (χ2n) is 5.85. The van der Waals surface area contributed by atoms with Crippen LogP contribution in [0.15, 0.2) is 78.9 Å². The van der Waals surface area contributed by atoms with Crippen molar-refractivity contribution in [2.75, 3.05) is 14.2 Å². The van der Waals surface area contributed by atoms with E-state index in [1.807, 2.05) is 66.7 Å². The molecule has 25 heavy (non-hydrogen) atoms. The Morgan fingerprint density at radius 1 is 0.680 bits per heavy atom. The van der Waals surface area contributed by atoms with Crippen LogP contribution in [0, 0.1) is 5.16 Å². The van der Waals surface area contributed by atoms with E-state index in [1.165, 1.54) is 5.56 Å². The third-order valence-corrected chi connectivity index (χ3v) is 7.49. The normalized spacial score (nSPS) is 11.1. The van der Waals surface area contributed by atoms with Crippen molar-refractivity contribution in [3.8, 4) is 11.5 Å². The highest BCUT2D eigenvalue weighted by Crippen LogP contribution is 2.48. The van der Waals surface area contributed by atoms with Crippen molar-refractivity contribution in [1.82, 2.24) is 0 Å². The van der Waals surface area contributed by atoms with Crippen LogP contribution < -0.4 is 20.1 Å². The summed E-state index contributed by atoms with van der Waals surface area (Å²) in [5.74, 6) is 1.62. The van der Waals surface area contributed by atoms with Gasteiger partial charge in [0.15, 0.2) is 0 Å². The smallest absolute Gasteiger partial charge is 0.118 e. The lowest BCUT2D eigenvalue weighted by atomic mass is 10.2. The number of ether oxygens (including phenoxy) is 2. The van der Waals surface area contributed by atoms with Crippen LogP contribution in [0.3, 0.4) is 0 Å². The molecule has 0 aromatic heterocycles. The van der Waals surface area contributed by atoms with E-state index in [2.05, 4.69) is 12.1 Å². The van der Waals surface area contributed by atoms with E-state index in [9.17, 15) is 5.16 Å². The Bertz CT molecular complexity index is 807. The second kappa shape index (κ2) is 7.58. The number of benzene rings is 3. The Hall–Kier alpha value is -2.51. The molecule has 0 atom stereocenters. The lowest BCUT2D eigenvalue weighted by molar-refractivity contribution is 0.415. The average molecular weight is 351 g/mol. The summed E-state index contributed by atoms with van der Waals surface area (Å²) < 4.78 is 10.5. The molecule has 3 nitrogen and oxygen atoms in total. The maximum atomic E-state index is 9.42. The van der Waals surface area contributed by atoms with Gasteiger partial charge >= 0.3 is 0 Å². The number of hydrogen-bond acceptors (Lipinski definition) is 3. The lowest BCUT2D eigenvalue weighted by Gasteiger charge is -2.24. The second-order valence-corrected chi connectivity index (χ2v) is 8.82. The Morgan fingerprint density at radius 2 is 1.12 bits per heavy atom. The van der Waals surface area contributed by atoms with Crippen molar-refractivity contribution >= 4 is 17.7 Å². The third kappa shape index (κ3) is 3.78. The molecule has 0 spiro atoms. The van der Waals surface area contributed by atoms with Crippen LogP contribution in [0.1, 0.15) is 5.56 Å². The van der Waals surface area contributed by atoms with Gasteiger partial charge in [0, 0.05) is 13.2 Å². The Morgan fingerprint density at radius 3 is 1.52 bits per heavy atom. The molecule has 3 aromatic carbocycles. The standard InChI is InChI=1S/C21H22NO2P/c1-23-18-8-12-20(13-9-18)25(22,16-17-6-4-3-5-7-17)21-14-10-19(24-2)11-15-21/h3-15,22H,16H2,1-2H3. The molecule has 0 bridgehead atoms. The van der Waals surface area contributed by atoms with Crippen LogP contribution in [0.25, 0.3) is 0 Å². The van der Waals surface area contributed by atoms with E-state index >= 15 is 0 Å². The maximum Gasteiger partial charge on any atom is 0.118 e. The minimum Gasteiger partial charge on any atom is -0.497 e. The highest BCUT2D eigenvalue weighted by Gasteiger charge is 2.23. The molecule has 0 amide bonds. The van der Waals surface area contributed by atoms with E-state index in [1.54, 1.807) is 14.2 Å². The van der Waals surface area contributed by atoms with Crippen LogP contribution >= 0.6 is 7.05 Å². The van der Waals surface area contributed by atoms with Crippen molar-refractivity contribution in [2.24, 2.45) is 0 Å². The third-order valence-electron chi connectivity index (χ3n) is 4.29.